The number of aryl methyl sites for hydroxylation is 1. The van der Waals surface area contributed by atoms with Crippen LogP contribution in [0.2, 0.25) is 5.02 Å². The van der Waals surface area contributed by atoms with E-state index >= 15 is 0 Å². The number of carbonyl (C=O) groups excluding carboxylic acids is 1. The molecule has 3 aromatic rings. The molecule has 0 radical (unpaired) electrons. The Morgan fingerprint density at radius 3 is 2.34 bits per heavy atom. The second-order valence-corrected chi connectivity index (χ2v) is 10.1. The first-order valence-electron chi connectivity index (χ1n) is 9.00. The summed E-state index contributed by atoms with van der Waals surface area (Å²) in [6, 6.07) is 17.4. The highest BCUT2D eigenvalue weighted by Crippen LogP contribution is 2.40. The normalized spacial score (nSPS) is 17.3. The van der Waals surface area contributed by atoms with Crippen LogP contribution in [0.3, 0.4) is 0 Å². The average molecular weight is 444 g/mol. The first-order valence-corrected chi connectivity index (χ1v) is 11.7. The van der Waals surface area contributed by atoms with Crippen molar-refractivity contribution in [1.82, 2.24) is 4.31 Å². The van der Waals surface area contributed by atoms with Crippen molar-refractivity contribution in [1.29, 1.82) is 0 Å². The van der Waals surface area contributed by atoms with E-state index in [0.717, 1.165) is 20.3 Å². The first-order chi connectivity index (χ1) is 13.9. The van der Waals surface area contributed by atoms with Gasteiger partial charge in [-0.15, -0.1) is 11.3 Å². The number of nitrogens with zero attached hydrogens (tertiary/aromatic N) is 1. The quantitative estimate of drug-likeness (QED) is 0.563. The van der Waals surface area contributed by atoms with E-state index in [4.69, 9.17) is 11.6 Å². The lowest BCUT2D eigenvalue weighted by Gasteiger charge is -2.32. The fourth-order valence-electron chi connectivity index (χ4n) is 3.38. The van der Waals surface area contributed by atoms with E-state index in [1.165, 1.54) is 23.5 Å². The molecule has 7 heteroatoms. The van der Waals surface area contributed by atoms with Gasteiger partial charge < -0.3 is 0 Å². The molecule has 29 heavy (non-hydrogen) atoms. The van der Waals surface area contributed by atoms with Crippen LogP contribution in [0.25, 0.3) is 5.57 Å². The van der Waals surface area contributed by atoms with Crippen LogP contribution in [-0.4, -0.2) is 25.2 Å². The molecular weight excluding hydrogens is 426 g/mol. The molecule has 1 atom stereocenters. The number of sulfonamides is 1. The molecule has 0 saturated heterocycles. The summed E-state index contributed by atoms with van der Waals surface area (Å²) >= 11 is 7.54. The van der Waals surface area contributed by atoms with Gasteiger partial charge in [-0.25, -0.2) is 12.7 Å². The summed E-state index contributed by atoms with van der Waals surface area (Å²) in [7, 11) is -3.95. The van der Waals surface area contributed by atoms with E-state index in [-0.39, 0.29) is 11.4 Å². The fourth-order valence-corrected chi connectivity index (χ4v) is 5.65. The summed E-state index contributed by atoms with van der Waals surface area (Å²) in [6.45, 7) is 1.89. The van der Waals surface area contributed by atoms with Crippen molar-refractivity contribution in [3.05, 3.63) is 93.1 Å². The molecule has 2 aromatic carbocycles. The summed E-state index contributed by atoms with van der Waals surface area (Å²) in [5.41, 5.74) is 2.48. The highest BCUT2D eigenvalue weighted by atomic mass is 35.5. The summed E-state index contributed by atoms with van der Waals surface area (Å²) in [4.78, 5) is 14.5. The molecule has 0 saturated carbocycles. The maximum atomic E-state index is 13.5. The summed E-state index contributed by atoms with van der Waals surface area (Å²) < 4.78 is 27.3. The highest BCUT2D eigenvalue weighted by Gasteiger charge is 2.39. The van der Waals surface area contributed by atoms with E-state index in [2.05, 4.69) is 0 Å². The number of halogens is 1. The number of thiophene rings is 1. The fraction of sp³-hybridized carbons (Fsp3) is 0.136. The standard InChI is InChI=1S/C22H18ClNO3S2/c1-15-4-10-18(11-5-15)29(26,27)24-13-12-19(20-3-2-14-28-20)21(22(24)25)16-6-8-17(23)9-7-16/h2-12,14,21H,13H2,1H3. The van der Waals surface area contributed by atoms with Gasteiger partial charge in [0.05, 0.1) is 17.4 Å². The Kier molecular flexibility index (Phi) is 5.34. The Morgan fingerprint density at radius 2 is 1.72 bits per heavy atom. The van der Waals surface area contributed by atoms with E-state index < -0.39 is 21.8 Å². The molecule has 0 N–H and O–H groups in total. The van der Waals surface area contributed by atoms with Gasteiger partial charge in [0.2, 0.25) is 5.91 Å². The Labute approximate surface area is 179 Å². The lowest BCUT2D eigenvalue weighted by Crippen LogP contribution is -2.43. The minimum atomic E-state index is -3.95. The van der Waals surface area contributed by atoms with Gasteiger partial charge in [-0.1, -0.05) is 53.6 Å². The van der Waals surface area contributed by atoms with Crippen LogP contribution in [0.1, 0.15) is 21.9 Å². The van der Waals surface area contributed by atoms with Gasteiger partial charge in [-0.2, -0.15) is 0 Å². The molecule has 1 aliphatic rings. The lowest BCUT2D eigenvalue weighted by atomic mass is 9.87. The van der Waals surface area contributed by atoms with Gasteiger partial charge in [-0.3, -0.25) is 4.79 Å². The number of amides is 1. The first kappa shape index (κ1) is 19.9. The van der Waals surface area contributed by atoms with Gasteiger partial charge in [0.1, 0.15) is 0 Å². The molecule has 148 valence electrons. The van der Waals surface area contributed by atoms with Gasteiger partial charge in [0.25, 0.3) is 10.0 Å². The van der Waals surface area contributed by atoms with Crippen LogP contribution < -0.4 is 0 Å². The Balaban J connectivity index is 1.80. The van der Waals surface area contributed by atoms with Crippen molar-refractivity contribution in [3.63, 3.8) is 0 Å². The van der Waals surface area contributed by atoms with Crippen LogP contribution in [0.4, 0.5) is 0 Å². The van der Waals surface area contributed by atoms with Crippen molar-refractivity contribution in [3.8, 4) is 0 Å². The third-order valence-electron chi connectivity index (χ3n) is 4.90. The molecule has 1 aliphatic heterocycles. The molecule has 0 aliphatic carbocycles. The predicted molar refractivity (Wildman–Crippen MR) is 117 cm³/mol. The molecular formula is C22H18ClNO3S2. The molecule has 2 heterocycles. The minimum Gasteiger partial charge on any atom is -0.273 e. The van der Waals surface area contributed by atoms with Crippen molar-refractivity contribution in [2.75, 3.05) is 6.54 Å². The van der Waals surface area contributed by atoms with Crippen LogP contribution in [-0.2, 0) is 14.8 Å². The maximum Gasteiger partial charge on any atom is 0.266 e. The number of hydrogen-bond donors (Lipinski definition) is 0. The number of hydrogen-bond acceptors (Lipinski definition) is 4. The zero-order valence-electron chi connectivity index (χ0n) is 15.6. The molecule has 4 nitrogen and oxygen atoms in total. The molecule has 1 amide bonds. The Hall–Kier alpha value is -2.41. The van der Waals surface area contributed by atoms with Crippen LogP contribution in [0.15, 0.2) is 77.0 Å². The van der Waals surface area contributed by atoms with E-state index in [9.17, 15) is 13.2 Å². The van der Waals surface area contributed by atoms with Crippen molar-refractivity contribution in [2.45, 2.75) is 17.7 Å². The van der Waals surface area contributed by atoms with Gasteiger partial charge in [0.15, 0.2) is 0 Å². The van der Waals surface area contributed by atoms with Crippen LogP contribution in [0, 0.1) is 6.92 Å². The topological polar surface area (TPSA) is 54.5 Å². The molecule has 1 aromatic heterocycles. The van der Waals surface area contributed by atoms with Crippen LogP contribution >= 0.6 is 22.9 Å². The number of carbonyl (C=O) groups is 1. The van der Waals surface area contributed by atoms with Crippen LogP contribution in [0.5, 0.6) is 0 Å². The van der Waals surface area contributed by atoms with E-state index in [1.807, 2.05) is 30.5 Å². The molecule has 0 fully saturated rings. The van der Waals surface area contributed by atoms with Gasteiger partial charge in [0, 0.05) is 9.90 Å². The zero-order valence-corrected chi connectivity index (χ0v) is 18.0. The Bertz CT molecular complexity index is 1170. The maximum absolute atomic E-state index is 13.5. The zero-order chi connectivity index (χ0) is 20.6. The lowest BCUT2D eigenvalue weighted by molar-refractivity contribution is -0.126. The highest BCUT2D eigenvalue weighted by molar-refractivity contribution is 7.89. The number of benzene rings is 2. The third-order valence-corrected chi connectivity index (χ3v) is 7.85. The van der Waals surface area contributed by atoms with Crippen molar-refractivity contribution < 1.29 is 13.2 Å². The van der Waals surface area contributed by atoms with Gasteiger partial charge in [-0.05, 0) is 53.8 Å². The summed E-state index contributed by atoms with van der Waals surface area (Å²) in [5, 5.41) is 2.50. The smallest absolute Gasteiger partial charge is 0.266 e. The molecule has 0 bridgehead atoms. The van der Waals surface area contributed by atoms with E-state index in [0.29, 0.717) is 10.6 Å². The SMILES string of the molecule is Cc1ccc(S(=O)(=O)N2CC=C(c3cccs3)C(c3ccc(Cl)cc3)C2=O)cc1. The second-order valence-electron chi connectivity index (χ2n) is 6.81. The largest absolute Gasteiger partial charge is 0.273 e. The predicted octanol–water partition coefficient (Wildman–Crippen LogP) is 5.11. The average Bonchev–Trinajstić information content (AvgIpc) is 3.23. The monoisotopic (exact) mass is 443 g/mol. The molecule has 0 spiro atoms. The van der Waals surface area contributed by atoms with Crippen molar-refractivity contribution in [2.24, 2.45) is 0 Å². The summed E-state index contributed by atoms with van der Waals surface area (Å²) in [6.07, 6.45) is 1.83. The van der Waals surface area contributed by atoms with E-state index in [1.54, 1.807) is 36.4 Å². The Morgan fingerprint density at radius 1 is 1.03 bits per heavy atom. The summed E-state index contributed by atoms with van der Waals surface area (Å²) in [5.74, 6) is -1.17. The van der Waals surface area contributed by atoms with Crippen molar-refractivity contribution >= 4 is 44.4 Å². The molecule has 4 rings (SSSR count). The minimum absolute atomic E-state index is 0.00632. The molecule has 1 unspecified atom stereocenters. The third kappa shape index (κ3) is 3.75. The second kappa shape index (κ2) is 7.78. The number of rotatable bonds is 4. The van der Waals surface area contributed by atoms with Gasteiger partial charge >= 0.3 is 0 Å².